The largest absolute Gasteiger partial charge is 2.00 e. The molecule has 0 saturated carbocycles. The van der Waals surface area contributed by atoms with Crippen molar-refractivity contribution >= 4 is 110 Å². The fourth-order valence-electron chi connectivity index (χ4n) is 2.19. The second kappa shape index (κ2) is 8.98. The van der Waals surface area contributed by atoms with Gasteiger partial charge in [-0.2, -0.15) is 0 Å². The molecule has 0 aliphatic heterocycles. The minimum atomic E-state index is -1.88. The maximum atomic E-state index is 11.1. The van der Waals surface area contributed by atoms with E-state index >= 15 is 0 Å². The van der Waals surface area contributed by atoms with Crippen LogP contribution in [-0.4, -0.2) is 99.4 Å². The number of carbonyl (C=O) groups excluding carboxylic acids is 4. The predicted octanol–water partition coefficient (Wildman–Crippen LogP) is -4.47. The average Bonchev–Trinajstić information content (AvgIpc) is 2.43. The Morgan fingerprint density at radius 1 is 0.542 bits per heavy atom. The molecule has 8 nitrogen and oxygen atoms in total. The third-order valence-corrected chi connectivity index (χ3v) is 3.05. The molecule has 0 amide bonds. The van der Waals surface area contributed by atoms with Gasteiger partial charge in [0.1, 0.15) is 0 Å². The van der Waals surface area contributed by atoms with E-state index in [1.54, 1.807) is 0 Å². The first-order valence-electron chi connectivity index (χ1n) is 5.70. The zero-order valence-electron chi connectivity index (χ0n) is 12.0. The molecular formula is C14H4Ca2O8. The van der Waals surface area contributed by atoms with Crippen LogP contribution < -0.4 is 20.4 Å². The van der Waals surface area contributed by atoms with Crippen molar-refractivity contribution in [1.82, 2.24) is 0 Å². The zero-order valence-corrected chi connectivity index (χ0v) is 16.4. The van der Waals surface area contributed by atoms with Crippen LogP contribution >= 0.6 is 0 Å². The first-order valence-corrected chi connectivity index (χ1v) is 5.70. The van der Waals surface area contributed by atoms with Crippen molar-refractivity contribution in [3.63, 3.8) is 0 Å². The van der Waals surface area contributed by atoms with Crippen LogP contribution in [0.25, 0.3) is 10.8 Å². The first-order chi connectivity index (χ1) is 10.3. The van der Waals surface area contributed by atoms with Crippen LogP contribution in [0, 0.1) is 0 Å². The molecule has 0 spiro atoms. The Morgan fingerprint density at radius 3 is 1.04 bits per heavy atom. The number of carbonyl (C=O) groups is 4. The molecule has 0 radical (unpaired) electrons. The third-order valence-electron chi connectivity index (χ3n) is 3.05. The Labute approximate surface area is 194 Å². The molecule has 24 heavy (non-hydrogen) atoms. The van der Waals surface area contributed by atoms with Gasteiger partial charge in [0.15, 0.2) is 0 Å². The van der Waals surface area contributed by atoms with Gasteiger partial charge in [-0.25, -0.2) is 0 Å². The van der Waals surface area contributed by atoms with Crippen molar-refractivity contribution in [3.8, 4) is 0 Å². The van der Waals surface area contributed by atoms with Crippen LogP contribution in [0.2, 0.25) is 0 Å². The Hall–Kier alpha value is -0.901. The molecule has 2 aromatic carbocycles. The maximum absolute atomic E-state index is 11.1. The van der Waals surface area contributed by atoms with Gasteiger partial charge in [0, 0.05) is 22.3 Å². The van der Waals surface area contributed by atoms with Crippen molar-refractivity contribution in [2.45, 2.75) is 0 Å². The van der Waals surface area contributed by atoms with Crippen LogP contribution in [0.15, 0.2) is 24.3 Å². The second-order valence-corrected chi connectivity index (χ2v) is 4.22. The molecule has 0 heterocycles. The number of hydrogen-bond donors (Lipinski definition) is 0. The number of carboxylic acid groups (broad SMARTS) is 4. The van der Waals surface area contributed by atoms with Gasteiger partial charge in [0.25, 0.3) is 0 Å². The maximum Gasteiger partial charge on any atom is 2.00 e. The number of fused-ring (bicyclic) bond motifs is 1. The molecule has 112 valence electrons. The fourth-order valence-corrected chi connectivity index (χ4v) is 2.19. The van der Waals surface area contributed by atoms with Crippen molar-refractivity contribution in [1.29, 1.82) is 0 Å². The molecule has 10 heteroatoms. The molecule has 0 unspecified atom stereocenters. The SMILES string of the molecule is O=C([O-])c1ccc2c(C(=O)[O-])c(C(=O)[O-])ccc2c1C(=O)[O-].[Ca+2].[Ca+2]. The van der Waals surface area contributed by atoms with Gasteiger partial charge in [-0.1, -0.05) is 24.3 Å². The molecule has 0 aliphatic rings. The van der Waals surface area contributed by atoms with Gasteiger partial charge in [-0.05, 0) is 10.8 Å². The number of benzene rings is 2. The van der Waals surface area contributed by atoms with E-state index in [1.165, 1.54) is 0 Å². The third kappa shape index (κ3) is 4.19. The van der Waals surface area contributed by atoms with Gasteiger partial charge < -0.3 is 39.6 Å². The molecule has 0 aliphatic carbocycles. The van der Waals surface area contributed by atoms with E-state index in [1.807, 2.05) is 0 Å². The average molecular weight is 380 g/mol. The normalized spacial score (nSPS) is 9.50. The first kappa shape index (κ1) is 23.1. The summed E-state index contributed by atoms with van der Waals surface area (Å²) in [4.78, 5) is 44.2. The number of hydrogen-bond acceptors (Lipinski definition) is 8. The van der Waals surface area contributed by atoms with Crippen molar-refractivity contribution in [2.24, 2.45) is 0 Å². The van der Waals surface area contributed by atoms with E-state index in [4.69, 9.17) is 0 Å². The summed E-state index contributed by atoms with van der Waals surface area (Å²) < 4.78 is 0. The Kier molecular flexibility index (Phi) is 8.64. The summed E-state index contributed by atoms with van der Waals surface area (Å²) in [6, 6.07) is 3.47. The molecule has 2 aromatic rings. The summed E-state index contributed by atoms with van der Waals surface area (Å²) in [6.07, 6.45) is 0. The Bertz CT molecular complexity index is 788. The monoisotopic (exact) mass is 380 g/mol. The van der Waals surface area contributed by atoms with Gasteiger partial charge in [0.05, 0.1) is 23.9 Å². The molecular weight excluding hydrogens is 376 g/mol. The summed E-state index contributed by atoms with van der Waals surface area (Å²) in [5.41, 5.74) is -3.08. The molecule has 2 rings (SSSR count). The second-order valence-electron chi connectivity index (χ2n) is 4.22. The van der Waals surface area contributed by atoms with Gasteiger partial charge in [0.2, 0.25) is 0 Å². The quantitative estimate of drug-likeness (QED) is 0.480. The van der Waals surface area contributed by atoms with E-state index in [9.17, 15) is 39.6 Å². The van der Waals surface area contributed by atoms with Crippen LogP contribution in [0.3, 0.4) is 0 Å². The Morgan fingerprint density at radius 2 is 0.833 bits per heavy atom. The summed E-state index contributed by atoms with van der Waals surface area (Å²) in [7, 11) is 0. The van der Waals surface area contributed by atoms with Crippen LogP contribution in [0.4, 0.5) is 0 Å². The summed E-state index contributed by atoms with van der Waals surface area (Å²) in [5, 5.41) is 43.5. The molecule has 0 N–H and O–H groups in total. The van der Waals surface area contributed by atoms with Gasteiger partial charge >= 0.3 is 75.5 Å². The molecule has 0 bridgehead atoms. The minimum absolute atomic E-state index is 0. The van der Waals surface area contributed by atoms with Crippen molar-refractivity contribution < 1.29 is 39.6 Å². The zero-order chi connectivity index (χ0) is 16.6. The molecule has 0 atom stereocenters. The van der Waals surface area contributed by atoms with E-state index in [0.29, 0.717) is 0 Å². The standard InChI is InChI=1S/C14H8O8.2Ca/c15-11(16)7-3-1-5-6(10(7)14(21)22)2-4-8(12(17)18)9(5)13(19)20;;/h1-4H,(H,15,16)(H,17,18)(H,19,20)(H,21,22);;/q;2*+2/p-4. The van der Waals surface area contributed by atoms with Crippen LogP contribution in [0.1, 0.15) is 41.4 Å². The van der Waals surface area contributed by atoms with Gasteiger partial charge in [-0.3, -0.25) is 0 Å². The summed E-state index contributed by atoms with van der Waals surface area (Å²) in [6.45, 7) is 0. The number of rotatable bonds is 4. The molecule has 0 fully saturated rings. The minimum Gasteiger partial charge on any atom is -0.545 e. The fraction of sp³-hybridized carbons (Fsp3) is 0. The molecule has 0 saturated heterocycles. The van der Waals surface area contributed by atoms with Gasteiger partial charge in [-0.15, -0.1) is 0 Å². The van der Waals surface area contributed by atoms with Crippen LogP contribution in [0.5, 0.6) is 0 Å². The smallest absolute Gasteiger partial charge is 0.545 e. The van der Waals surface area contributed by atoms with E-state index in [0.717, 1.165) is 24.3 Å². The molecule has 0 aromatic heterocycles. The number of carboxylic acids is 4. The number of aromatic carboxylic acids is 4. The van der Waals surface area contributed by atoms with Crippen molar-refractivity contribution in [2.75, 3.05) is 0 Å². The van der Waals surface area contributed by atoms with E-state index in [2.05, 4.69) is 0 Å². The summed E-state index contributed by atoms with van der Waals surface area (Å²) >= 11 is 0. The van der Waals surface area contributed by atoms with E-state index in [-0.39, 0.29) is 86.2 Å². The van der Waals surface area contributed by atoms with Crippen LogP contribution in [-0.2, 0) is 0 Å². The van der Waals surface area contributed by atoms with E-state index < -0.39 is 46.1 Å². The van der Waals surface area contributed by atoms with Crippen molar-refractivity contribution in [3.05, 3.63) is 46.5 Å². The predicted molar refractivity (Wildman–Crippen MR) is 72.8 cm³/mol. The topological polar surface area (TPSA) is 161 Å². The Balaban J connectivity index is 0.00000264. The summed E-state index contributed by atoms with van der Waals surface area (Å²) in [5.74, 6) is -7.37.